The molecule has 40 heavy (non-hydrogen) atoms. The highest BCUT2D eigenvalue weighted by atomic mass is 16.6. The van der Waals surface area contributed by atoms with Crippen molar-refractivity contribution in [2.45, 2.75) is 72.1 Å². The van der Waals surface area contributed by atoms with Gasteiger partial charge in [-0.1, -0.05) is 72.3 Å². The van der Waals surface area contributed by atoms with Crippen LogP contribution in [-0.2, 0) is 27.2 Å². The number of amides is 3. The van der Waals surface area contributed by atoms with E-state index in [0.29, 0.717) is 13.0 Å². The first-order valence-electron chi connectivity index (χ1n) is 13.7. The quantitative estimate of drug-likeness (QED) is 0.412. The molecule has 1 unspecified atom stereocenters. The average Bonchev–Trinajstić information content (AvgIpc) is 2.88. The lowest BCUT2D eigenvalue weighted by Gasteiger charge is -2.38. The number of nitrogens with one attached hydrogen (secondary N) is 2. The number of benzene rings is 3. The number of carbonyl (C=O) groups excluding carboxylic acids is 3. The van der Waals surface area contributed by atoms with E-state index in [1.165, 1.54) is 0 Å². The summed E-state index contributed by atoms with van der Waals surface area (Å²) in [5.41, 5.74) is 5.89. The molecule has 1 aliphatic heterocycles. The molecule has 0 aromatic heterocycles. The first-order valence-corrected chi connectivity index (χ1v) is 13.7. The van der Waals surface area contributed by atoms with Crippen LogP contribution in [0.2, 0.25) is 0 Å². The van der Waals surface area contributed by atoms with Crippen molar-refractivity contribution in [2.75, 3.05) is 11.9 Å². The minimum absolute atomic E-state index is 0.194. The Hall–Kier alpha value is -4.13. The van der Waals surface area contributed by atoms with Crippen LogP contribution in [0.4, 0.5) is 10.5 Å². The van der Waals surface area contributed by atoms with Crippen molar-refractivity contribution in [3.8, 4) is 0 Å². The van der Waals surface area contributed by atoms with Gasteiger partial charge in [0.2, 0.25) is 0 Å². The molecule has 0 saturated heterocycles. The van der Waals surface area contributed by atoms with Gasteiger partial charge in [-0.25, -0.2) is 4.79 Å². The van der Waals surface area contributed by atoms with E-state index in [1.54, 1.807) is 4.90 Å². The Balaban J connectivity index is 1.69. The van der Waals surface area contributed by atoms with E-state index in [4.69, 9.17) is 4.74 Å². The Morgan fingerprint density at radius 1 is 0.950 bits per heavy atom. The number of hydrogen-bond acceptors (Lipinski definition) is 4. The van der Waals surface area contributed by atoms with Crippen molar-refractivity contribution in [2.24, 2.45) is 0 Å². The van der Waals surface area contributed by atoms with Gasteiger partial charge in [0, 0.05) is 24.2 Å². The molecule has 0 fully saturated rings. The molecular weight excluding hydrogens is 502 g/mol. The molecule has 0 saturated carbocycles. The van der Waals surface area contributed by atoms with Crippen LogP contribution in [0, 0.1) is 20.8 Å². The zero-order valence-electron chi connectivity index (χ0n) is 24.2. The monoisotopic (exact) mass is 541 g/mol. The summed E-state index contributed by atoms with van der Waals surface area (Å²) < 4.78 is 5.76. The standard InChI is InChI=1S/C33H39N3O4/c1-21-18-22(2)28(23(3)19-21)34-30(37)29-26-15-11-10-14-25(26)16-17-36(29)31(38)27(20-24-12-8-7-9-13-24)40-32(39)35-33(4,5)6/h7-15,18-19,27,29H,16-17,20H2,1-6H3,(H,34,37)(H,35,39)/t27?,29-/m0/s1. The maximum Gasteiger partial charge on any atom is 0.408 e. The minimum atomic E-state index is -1.10. The van der Waals surface area contributed by atoms with E-state index >= 15 is 0 Å². The Kier molecular flexibility index (Phi) is 8.62. The molecule has 3 aromatic rings. The molecule has 7 heteroatoms. The van der Waals surface area contributed by atoms with Crippen molar-refractivity contribution >= 4 is 23.6 Å². The Morgan fingerprint density at radius 3 is 2.23 bits per heavy atom. The van der Waals surface area contributed by atoms with Crippen LogP contribution in [0.1, 0.15) is 60.2 Å². The maximum atomic E-state index is 14.2. The van der Waals surface area contributed by atoms with Gasteiger partial charge in [-0.15, -0.1) is 0 Å². The van der Waals surface area contributed by atoms with E-state index in [-0.39, 0.29) is 12.3 Å². The van der Waals surface area contributed by atoms with E-state index in [9.17, 15) is 14.4 Å². The minimum Gasteiger partial charge on any atom is -0.436 e. The summed E-state index contributed by atoms with van der Waals surface area (Å²) in [4.78, 5) is 42.6. The number of rotatable bonds is 6. The van der Waals surface area contributed by atoms with Crippen molar-refractivity contribution < 1.29 is 19.1 Å². The van der Waals surface area contributed by atoms with Gasteiger partial charge < -0.3 is 20.3 Å². The third-order valence-corrected chi connectivity index (χ3v) is 7.01. The molecule has 1 heterocycles. The van der Waals surface area contributed by atoms with Gasteiger partial charge in [0.1, 0.15) is 6.04 Å². The smallest absolute Gasteiger partial charge is 0.408 e. The first-order chi connectivity index (χ1) is 18.9. The van der Waals surface area contributed by atoms with Crippen molar-refractivity contribution in [1.82, 2.24) is 10.2 Å². The molecule has 7 nitrogen and oxygen atoms in total. The first kappa shape index (κ1) is 28.9. The molecule has 3 amide bonds. The number of hydrogen-bond donors (Lipinski definition) is 2. The third kappa shape index (κ3) is 6.89. The Morgan fingerprint density at radius 2 is 1.57 bits per heavy atom. The lowest BCUT2D eigenvalue weighted by Crippen LogP contribution is -2.52. The van der Waals surface area contributed by atoms with E-state index in [0.717, 1.165) is 39.1 Å². The predicted molar refractivity (Wildman–Crippen MR) is 157 cm³/mol. The lowest BCUT2D eigenvalue weighted by molar-refractivity contribution is -0.147. The van der Waals surface area contributed by atoms with E-state index in [1.807, 2.05) is 108 Å². The van der Waals surface area contributed by atoms with Crippen LogP contribution in [-0.4, -0.2) is 41.0 Å². The molecule has 210 valence electrons. The van der Waals surface area contributed by atoms with E-state index in [2.05, 4.69) is 10.6 Å². The molecule has 0 spiro atoms. The fourth-order valence-electron chi connectivity index (χ4n) is 5.31. The molecule has 1 aliphatic rings. The van der Waals surface area contributed by atoms with Crippen LogP contribution in [0.3, 0.4) is 0 Å². The summed E-state index contributed by atoms with van der Waals surface area (Å²) in [7, 11) is 0. The molecular formula is C33H39N3O4. The van der Waals surface area contributed by atoms with Gasteiger partial charge in [-0.05, 0) is 75.8 Å². The highest BCUT2D eigenvalue weighted by Crippen LogP contribution is 2.33. The summed E-state index contributed by atoms with van der Waals surface area (Å²) in [6, 6.07) is 20.3. The summed E-state index contributed by atoms with van der Waals surface area (Å²) in [5, 5.41) is 5.89. The SMILES string of the molecule is Cc1cc(C)c(NC(=O)[C@@H]2c3ccccc3CCN2C(=O)C(Cc2ccccc2)OC(=O)NC(C)(C)C)c(C)c1. The fourth-order valence-corrected chi connectivity index (χ4v) is 5.31. The topological polar surface area (TPSA) is 87.7 Å². The second-order valence-electron chi connectivity index (χ2n) is 11.6. The van der Waals surface area contributed by atoms with Gasteiger partial charge in [0.15, 0.2) is 6.10 Å². The van der Waals surface area contributed by atoms with Crippen LogP contribution in [0.5, 0.6) is 0 Å². The molecule has 3 aromatic carbocycles. The molecule has 4 rings (SSSR count). The lowest BCUT2D eigenvalue weighted by atomic mass is 9.91. The largest absolute Gasteiger partial charge is 0.436 e. The summed E-state index contributed by atoms with van der Waals surface area (Å²) in [6.07, 6.45) is -0.986. The van der Waals surface area contributed by atoms with Gasteiger partial charge in [0.25, 0.3) is 11.8 Å². The number of ether oxygens (including phenoxy) is 1. The van der Waals surface area contributed by atoms with Gasteiger partial charge in [-0.3, -0.25) is 9.59 Å². The zero-order chi connectivity index (χ0) is 29.0. The van der Waals surface area contributed by atoms with Gasteiger partial charge in [-0.2, -0.15) is 0 Å². The maximum absolute atomic E-state index is 14.2. The number of fused-ring (bicyclic) bond motifs is 1. The second-order valence-corrected chi connectivity index (χ2v) is 11.6. The number of aryl methyl sites for hydroxylation is 3. The van der Waals surface area contributed by atoms with Crippen molar-refractivity contribution in [3.05, 3.63) is 100 Å². The summed E-state index contributed by atoms with van der Waals surface area (Å²) >= 11 is 0. The predicted octanol–water partition coefficient (Wildman–Crippen LogP) is 5.81. The van der Waals surface area contributed by atoms with E-state index < -0.39 is 29.7 Å². The number of alkyl carbamates (subject to hydrolysis) is 1. The van der Waals surface area contributed by atoms with Crippen LogP contribution < -0.4 is 10.6 Å². The number of anilines is 1. The number of carbonyl (C=O) groups is 3. The normalized spacial score (nSPS) is 15.6. The van der Waals surface area contributed by atoms with Gasteiger partial charge >= 0.3 is 6.09 Å². The van der Waals surface area contributed by atoms with Crippen molar-refractivity contribution in [1.29, 1.82) is 0 Å². The summed E-state index contributed by atoms with van der Waals surface area (Å²) in [5.74, 6) is -0.701. The Bertz CT molecular complexity index is 1370. The fraction of sp³-hybridized carbons (Fsp3) is 0.364. The molecule has 2 N–H and O–H groups in total. The molecule has 2 atom stereocenters. The van der Waals surface area contributed by atoms with Gasteiger partial charge in [0.05, 0.1) is 0 Å². The Labute approximate surface area is 236 Å². The van der Waals surface area contributed by atoms with Crippen LogP contribution in [0.25, 0.3) is 0 Å². The second kappa shape index (κ2) is 11.9. The molecule has 0 radical (unpaired) electrons. The van der Waals surface area contributed by atoms with Crippen molar-refractivity contribution in [3.63, 3.8) is 0 Å². The average molecular weight is 542 g/mol. The summed E-state index contributed by atoms with van der Waals surface area (Å²) in [6.45, 7) is 11.8. The third-order valence-electron chi connectivity index (χ3n) is 7.01. The van der Waals surface area contributed by atoms with Crippen LogP contribution >= 0.6 is 0 Å². The molecule has 0 aliphatic carbocycles. The molecule has 0 bridgehead atoms. The zero-order valence-corrected chi connectivity index (χ0v) is 24.2. The highest BCUT2D eigenvalue weighted by Gasteiger charge is 2.40. The highest BCUT2D eigenvalue weighted by molar-refractivity contribution is 6.00. The van der Waals surface area contributed by atoms with Crippen LogP contribution in [0.15, 0.2) is 66.7 Å². The number of nitrogens with zero attached hydrogens (tertiary/aromatic N) is 1.